The van der Waals surface area contributed by atoms with Crippen molar-refractivity contribution in [3.05, 3.63) is 23.7 Å². The van der Waals surface area contributed by atoms with Crippen molar-refractivity contribution in [1.29, 1.82) is 0 Å². The molecule has 0 amide bonds. The average Bonchev–Trinajstić information content (AvgIpc) is 2.17. The number of rotatable bonds is 4. The summed E-state index contributed by atoms with van der Waals surface area (Å²) >= 11 is 0. The Bertz CT molecular complexity index is 218. The second kappa shape index (κ2) is 4.92. The fourth-order valence-corrected chi connectivity index (χ4v) is 1.35. The van der Waals surface area contributed by atoms with Crippen molar-refractivity contribution in [2.24, 2.45) is 5.92 Å². The molecule has 0 saturated heterocycles. The summed E-state index contributed by atoms with van der Waals surface area (Å²) in [6, 6.07) is 0. The van der Waals surface area contributed by atoms with Gasteiger partial charge in [0.2, 0.25) is 0 Å². The lowest BCUT2D eigenvalue weighted by Crippen LogP contribution is -2.09. The largest absolute Gasteiger partial charge is 0.501 e. The Morgan fingerprint density at radius 2 is 2.15 bits per heavy atom. The minimum absolute atomic E-state index is 0.0326. The van der Waals surface area contributed by atoms with Crippen LogP contribution in [-0.2, 0) is 9.47 Å². The van der Waals surface area contributed by atoms with Crippen LogP contribution in [0.2, 0.25) is 0 Å². The van der Waals surface area contributed by atoms with E-state index in [1.807, 2.05) is 19.1 Å². The standard InChI is InChI=1S/C10H16O3/c1-3-13-10-5-8(7-11)4-9(6-10)12-2/h4-5,8,11H,3,6-7H2,1-2H3. The zero-order valence-electron chi connectivity index (χ0n) is 8.12. The second-order valence-electron chi connectivity index (χ2n) is 2.93. The second-order valence-corrected chi connectivity index (χ2v) is 2.93. The first-order valence-electron chi connectivity index (χ1n) is 4.49. The van der Waals surface area contributed by atoms with Gasteiger partial charge in [0.05, 0.1) is 32.5 Å². The Kier molecular flexibility index (Phi) is 3.83. The topological polar surface area (TPSA) is 38.7 Å². The van der Waals surface area contributed by atoms with Gasteiger partial charge in [-0.2, -0.15) is 0 Å². The molecule has 0 saturated carbocycles. The smallest absolute Gasteiger partial charge is 0.100 e. The molecule has 0 aromatic heterocycles. The lowest BCUT2D eigenvalue weighted by atomic mass is 10.0. The van der Waals surface area contributed by atoms with Gasteiger partial charge in [-0.3, -0.25) is 0 Å². The van der Waals surface area contributed by atoms with E-state index in [1.165, 1.54) is 0 Å². The maximum Gasteiger partial charge on any atom is 0.100 e. The number of methoxy groups -OCH3 is 1. The first-order chi connectivity index (χ1) is 6.30. The molecule has 0 aromatic rings. The normalized spacial score (nSPS) is 21.9. The van der Waals surface area contributed by atoms with Crippen molar-refractivity contribution < 1.29 is 14.6 Å². The first-order valence-corrected chi connectivity index (χ1v) is 4.49. The van der Waals surface area contributed by atoms with Crippen molar-refractivity contribution in [3.8, 4) is 0 Å². The highest BCUT2D eigenvalue weighted by Gasteiger charge is 2.14. The predicted molar refractivity (Wildman–Crippen MR) is 50.0 cm³/mol. The molecule has 1 N–H and O–H groups in total. The monoisotopic (exact) mass is 184 g/mol. The highest BCUT2D eigenvalue weighted by molar-refractivity contribution is 5.18. The molecule has 0 aliphatic heterocycles. The molecule has 1 aliphatic rings. The SMILES string of the molecule is CCOC1=CC(CO)C=C(OC)C1. The van der Waals surface area contributed by atoms with Crippen LogP contribution in [-0.4, -0.2) is 25.4 Å². The maximum absolute atomic E-state index is 8.99. The van der Waals surface area contributed by atoms with E-state index in [9.17, 15) is 0 Å². The maximum atomic E-state index is 8.99. The van der Waals surface area contributed by atoms with Crippen molar-refractivity contribution >= 4 is 0 Å². The van der Waals surface area contributed by atoms with Gasteiger partial charge in [0.15, 0.2) is 0 Å². The van der Waals surface area contributed by atoms with Gasteiger partial charge in [0.25, 0.3) is 0 Å². The summed E-state index contributed by atoms with van der Waals surface area (Å²) in [5, 5.41) is 8.99. The molecule has 1 atom stereocenters. The highest BCUT2D eigenvalue weighted by atomic mass is 16.5. The molecule has 1 aliphatic carbocycles. The first kappa shape index (κ1) is 10.1. The van der Waals surface area contributed by atoms with E-state index in [1.54, 1.807) is 7.11 Å². The molecule has 1 unspecified atom stereocenters. The van der Waals surface area contributed by atoms with Crippen LogP contribution in [0.1, 0.15) is 13.3 Å². The van der Waals surface area contributed by atoms with E-state index >= 15 is 0 Å². The summed E-state index contributed by atoms with van der Waals surface area (Å²) in [6.45, 7) is 2.70. The minimum Gasteiger partial charge on any atom is -0.501 e. The van der Waals surface area contributed by atoms with Crippen LogP contribution in [0.15, 0.2) is 23.7 Å². The lowest BCUT2D eigenvalue weighted by molar-refractivity contribution is 0.187. The fraction of sp³-hybridized carbons (Fsp3) is 0.600. The van der Waals surface area contributed by atoms with Crippen LogP contribution in [0.25, 0.3) is 0 Å². The third kappa shape index (κ3) is 2.77. The summed E-state index contributed by atoms with van der Waals surface area (Å²) < 4.78 is 10.5. The number of hydrogen-bond acceptors (Lipinski definition) is 3. The Morgan fingerprint density at radius 3 is 2.69 bits per heavy atom. The molecule has 74 valence electrons. The molecule has 0 aromatic carbocycles. The third-order valence-corrected chi connectivity index (χ3v) is 1.95. The minimum atomic E-state index is 0.0326. The van der Waals surface area contributed by atoms with E-state index in [0.717, 1.165) is 11.5 Å². The highest BCUT2D eigenvalue weighted by Crippen LogP contribution is 2.23. The van der Waals surface area contributed by atoms with Crippen molar-refractivity contribution in [2.45, 2.75) is 13.3 Å². The Morgan fingerprint density at radius 1 is 1.46 bits per heavy atom. The van der Waals surface area contributed by atoms with E-state index < -0.39 is 0 Å². The van der Waals surface area contributed by atoms with Crippen molar-refractivity contribution in [2.75, 3.05) is 20.3 Å². The van der Waals surface area contributed by atoms with Gasteiger partial charge in [-0.15, -0.1) is 0 Å². The van der Waals surface area contributed by atoms with E-state index in [-0.39, 0.29) is 12.5 Å². The van der Waals surface area contributed by atoms with E-state index in [0.29, 0.717) is 13.0 Å². The van der Waals surface area contributed by atoms with Crippen molar-refractivity contribution in [3.63, 3.8) is 0 Å². The molecule has 3 heteroatoms. The van der Waals surface area contributed by atoms with Crippen LogP contribution >= 0.6 is 0 Å². The van der Waals surface area contributed by atoms with Crippen LogP contribution in [0, 0.1) is 5.92 Å². The summed E-state index contributed by atoms with van der Waals surface area (Å²) in [6.07, 6.45) is 4.55. The summed E-state index contributed by atoms with van der Waals surface area (Å²) in [5.41, 5.74) is 0. The molecule has 1 rings (SSSR count). The van der Waals surface area contributed by atoms with Gasteiger partial charge < -0.3 is 14.6 Å². The Hall–Kier alpha value is -0.960. The van der Waals surface area contributed by atoms with E-state index in [4.69, 9.17) is 14.6 Å². The number of aliphatic hydroxyl groups excluding tert-OH is 1. The van der Waals surface area contributed by atoms with Crippen LogP contribution in [0.3, 0.4) is 0 Å². The summed E-state index contributed by atoms with van der Waals surface area (Å²) in [7, 11) is 1.63. The molecule has 0 heterocycles. The molecule has 3 nitrogen and oxygen atoms in total. The van der Waals surface area contributed by atoms with Crippen molar-refractivity contribution in [1.82, 2.24) is 0 Å². The van der Waals surface area contributed by atoms with Crippen LogP contribution in [0.4, 0.5) is 0 Å². The lowest BCUT2D eigenvalue weighted by Gasteiger charge is -2.18. The quantitative estimate of drug-likeness (QED) is 0.718. The Balaban J connectivity index is 2.63. The van der Waals surface area contributed by atoms with Crippen LogP contribution in [0.5, 0.6) is 0 Å². The van der Waals surface area contributed by atoms with Gasteiger partial charge in [-0.1, -0.05) is 0 Å². The molecular formula is C10H16O3. The predicted octanol–water partition coefficient (Wildman–Crippen LogP) is 1.45. The molecule has 0 fully saturated rings. The molecule has 0 spiro atoms. The summed E-state index contributed by atoms with van der Waals surface area (Å²) in [5.74, 6) is 1.79. The number of hydrogen-bond donors (Lipinski definition) is 1. The van der Waals surface area contributed by atoms with Gasteiger partial charge in [0.1, 0.15) is 5.76 Å². The zero-order valence-corrected chi connectivity index (χ0v) is 8.12. The Labute approximate surface area is 78.7 Å². The average molecular weight is 184 g/mol. The number of ether oxygens (including phenoxy) is 2. The molecular weight excluding hydrogens is 168 g/mol. The summed E-state index contributed by atoms with van der Waals surface area (Å²) in [4.78, 5) is 0. The van der Waals surface area contributed by atoms with Gasteiger partial charge in [0, 0.05) is 5.92 Å². The van der Waals surface area contributed by atoms with Gasteiger partial charge in [-0.05, 0) is 19.1 Å². The third-order valence-electron chi connectivity index (χ3n) is 1.95. The van der Waals surface area contributed by atoms with Gasteiger partial charge in [-0.25, -0.2) is 0 Å². The van der Waals surface area contributed by atoms with Crippen LogP contribution < -0.4 is 0 Å². The number of aliphatic hydroxyl groups is 1. The van der Waals surface area contributed by atoms with E-state index in [2.05, 4.69) is 0 Å². The molecule has 0 bridgehead atoms. The van der Waals surface area contributed by atoms with Gasteiger partial charge >= 0.3 is 0 Å². The molecule has 13 heavy (non-hydrogen) atoms. The fourth-order valence-electron chi connectivity index (χ4n) is 1.35. The molecule has 0 radical (unpaired) electrons. The zero-order chi connectivity index (χ0) is 9.68.